The molecular formula is C11H11ClN2O2. The molecule has 0 fully saturated rings. The molecule has 16 heavy (non-hydrogen) atoms. The van der Waals surface area contributed by atoms with Gasteiger partial charge in [0.05, 0.1) is 24.0 Å². The van der Waals surface area contributed by atoms with Crippen molar-refractivity contribution in [1.82, 2.24) is 9.78 Å². The predicted octanol–water partition coefficient (Wildman–Crippen LogP) is 2.36. The molecule has 0 amide bonds. The van der Waals surface area contributed by atoms with Gasteiger partial charge in [-0.2, -0.15) is 5.10 Å². The van der Waals surface area contributed by atoms with E-state index in [9.17, 15) is 0 Å². The van der Waals surface area contributed by atoms with E-state index in [4.69, 9.17) is 21.4 Å². The highest BCUT2D eigenvalue weighted by Crippen LogP contribution is 2.29. The van der Waals surface area contributed by atoms with E-state index < -0.39 is 0 Å². The molecule has 0 unspecified atom stereocenters. The first-order chi connectivity index (χ1) is 7.69. The lowest BCUT2D eigenvalue weighted by Gasteiger charge is -2.06. The topological polar surface area (TPSA) is 47.3 Å². The van der Waals surface area contributed by atoms with Crippen molar-refractivity contribution >= 4 is 11.6 Å². The van der Waals surface area contributed by atoms with Gasteiger partial charge in [0.1, 0.15) is 5.75 Å². The molecule has 1 heterocycles. The summed E-state index contributed by atoms with van der Waals surface area (Å²) < 4.78 is 7.18. The fourth-order valence-electron chi connectivity index (χ4n) is 1.30. The second-order valence-electron chi connectivity index (χ2n) is 3.37. The first-order valence-electron chi connectivity index (χ1n) is 4.75. The molecular weight excluding hydrogens is 228 g/mol. The van der Waals surface area contributed by atoms with E-state index in [0.717, 1.165) is 5.56 Å². The molecule has 84 valence electrons. The van der Waals surface area contributed by atoms with Crippen LogP contribution in [0.3, 0.4) is 0 Å². The molecule has 1 aromatic heterocycles. The van der Waals surface area contributed by atoms with E-state index in [1.165, 1.54) is 0 Å². The van der Waals surface area contributed by atoms with Crippen molar-refractivity contribution in [3.8, 4) is 11.5 Å². The van der Waals surface area contributed by atoms with Crippen LogP contribution in [0.4, 0.5) is 0 Å². The van der Waals surface area contributed by atoms with E-state index in [1.807, 2.05) is 7.05 Å². The molecule has 1 aromatic carbocycles. The van der Waals surface area contributed by atoms with Crippen LogP contribution in [0.5, 0.6) is 11.5 Å². The molecule has 0 radical (unpaired) electrons. The Kier molecular flexibility index (Phi) is 3.12. The fourth-order valence-corrected chi connectivity index (χ4v) is 1.55. The minimum Gasteiger partial charge on any atom is -0.452 e. The third-order valence-corrected chi connectivity index (χ3v) is 2.38. The third kappa shape index (κ3) is 2.35. The smallest absolute Gasteiger partial charge is 0.165 e. The van der Waals surface area contributed by atoms with Gasteiger partial charge >= 0.3 is 0 Å². The standard InChI is InChI=1S/C11H11ClN2O2/c1-14-6-9(5-13-14)16-11-3-2-8(7-15)4-10(11)12/h2-6,15H,7H2,1H3. The first-order valence-corrected chi connectivity index (χ1v) is 5.12. The molecule has 0 aliphatic carbocycles. The number of nitrogens with zero attached hydrogens (tertiary/aromatic N) is 2. The number of aliphatic hydroxyl groups is 1. The van der Waals surface area contributed by atoms with Gasteiger partial charge < -0.3 is 9.84 Å². The highest BCUT2D eigenvalue weighted by molar-refractivity contribution is 6.32. The Balaban J connectivity index is 2.21. The number of hydrogen-bond donors (Lipinski definition) is 1. The van der Waals surface area contributed by atoms with Crippen LogP contribution in [-0.4, -0.2) is 14.9 Å². The van der Waals surface area contributed by atoms with Gasteiger partial charge in [-0.05, 0) is 17.7 Å². The van der Waals surface area contributed by atoms with Crippen LogP contribution in [-0.2, 0) is 13.7 Å². The summed E-state index contributed by atoms with van der Waals surface area (Å²) in [6.45, 7) is -0.0348. The lowest BCUT2D eigenvalue weighted by atomic mass is 10.2. The van der Waals surface area contributed by atoms with Crippen LogP contribution in [0, 0.1) is 0 Å². The summed E-state index contributed by atoms with van der Waals surface area (Å²) in [5, 5.41) is 13.4. The van der Waals surface area contributed by atoms with Crippen molar-refractivity contribution in [1.29, 1.82) is 0 Å². The van der Waals surface area contributed by atoms with Gasteiger partial charge in [-0.25, -0.2) is 0 Å². The minimum absolute atomic E-state index is 0.0348. The minimum atomic E-state index is -0.0348. The molecule has 0 atom stereocenters. The zero-order valence-electron chi connectivity index (χ0n) is 8.72. The SMILES string of the molecule is Cn1cc(Oc2ccc(CO)cc2Cl)cn1. The van der Waals surface area contributed by atoms with Gasteiger partial charge in [0, 0.05) is 7.05 Å². The summed E-state index contributed by atoms with van der Waals surface area (Å²) in [6.07, 6.45) is 3.35. The third-order valence-electron chi connectivity index (χ3n) is 2.09. The number of benzene rings is 1. The molecule has 2 rings (SSSR count). The van der Waals surface area contributed by atoms with Crippen LogP contribution in [0.25, 0.3) is 0 Å². The fraction of sp³-hybridized carbons (Fsp3) is 0.182. The van der Waals surface area contributed by atoms with Crippen molar-refractivity contribution in [2.75, 3.05) is 0 Å². The number of aliphatic hydroxyl groups excluding tert-OH is 1. The van der Waals surface area contributed by atoms with E-state index >= 15 is 0 Å². The van der Waals surface area contributed by atoms with Gasteiger partial charge in [0.2, 0.25) is 0 Å². The molecule has 0 aliphatic heterocycles. The van der Waals surface area contributed by atoms with Gasteiger partial charge in [-0.3, -0.25) is 4.68 Å². The normalized spacial score (nSPS) is 10.4. The van der Waals surface area contributed by atoms with E-state index in [2.05, 4.69) is 5.10 Å². The van der Waals surface area contributed by atoms with Crippen LogP contribution >= 0.6 is 11.6 Å². The van der Waals surface area contributed by atoms with Crippen molar-refractivity contribution in [2.24, 2.45) is 7.05 Å². The second-order valence-corrected chi connectivity index (χ2v) is 3.78. The van der Waals surface area contributed by atoms with Gasteiger partial charge in [0.15, 0.2) is 5.75 Å². The highest BCUT2D eigenvalue weighted by atomic mass is 35.5. The molecule has 4 nitrogen and oxygen atoms in total. The lowest BCUT2D eigenvalue weighted by Crippen LogP contribution is -1.87. The quantitative estimate of drug-likeness (QED) is 0.893. The number of hydrogen-bond acceptors (Lipinski definition) is 3. The largest absolute Gasteiger partial charge is 0.452 e. The average molecular weight is 239 g/mol. The Morgan fingerprint density at radius 3 is 2.88 bits per heavy atom. The van der Waals surface area contributed by atoms with Gasteiger partial charge in [-0.15, -0.1) is 0 Å². The van der Waals surface area contributed by atoms with Gasteiger partial charge in [0.25, 0.3) is 0 Å². The zero-order chi connectivity index (χ0) is 11.5. The molecule has 1 N–H and O–H groups in total. The summed E-state index contributed by atoms with van der Waals surface area (Å²) in [5.41, 5.74) is 0.753. The number of halogens is 1. The van der Waals surface area contributed by atoms with E-state index in [-0.39, 0.29) is 6.61 Å². The van der Waals surface area contributed by atoms with Crippen LogP contribution in [0.15, 0.2) is 30.6 Å². The van der Waals surface area contributed by atoms with Crippen molar-refractivity contribution in [3.63, 3.8) is 0 Å². The monoisotopic (exact) mass is 238 g/mol. The predicted molar refractivity (Wildman–Crippen MR) is 60.7 cm³/mol. The van der Waals surface area contributed by atoms with Crippen LogP contribution in [0.2, 0.25) is 5.02 Å². The molecule has 0 bridgehead atoms. The van der Waals surface area contributed by atoms with Crippen LogP contribution in [0.1, 0.15) is 5.56 Å². The second kappa shape index (κ2) is 4.55. The maximum atomic E-state index is 8.93. The van der Waals surface area contributed by atoms with E-state index in [0.29, 0.717) is 16.5 Å². The van der Waals surface area contributed by atoms with Crippen LogP contribution < -0.4 is 4.74 Å². The first kappa shape index (κ1) is 11.0. The summed E-state index contributed by atoms with van der Waals surface area (Å²) in [4.78, 5) is 0. The molecule has 0 saturated heterocycles. The Hall–Kier alpha value is -1.52. The molecule has 0 spiro atoms. The van der Waals surface area contributed by atoms with Crippen molar-refractivity contribution < 1.29 is 9.84 Å². The zero-order valence-corrected chi connectivity index (χ0v) is 9.48. The summed E-state index contributed by atoms with van der Waals surface area (Å²) >= 11 is 6.00. The van der Waals surface area contributed by atoms with Gasteiger partial charge in [-0.1, -0.05) is 17.7 Å². The molecule has 0 saturated carbocycles. The maximum Gasteiger partial charge on any atom is 0.165 e. The summed E-state index contributed by atoms with van der Waals surface area (Å²) in [5.74, 6) is 1.17. The Morgan fingerprint density at radius 1 is 1.50 bits per heavy atom. The number of ether oxygens (including phenoxy) is 1. The molecule has 2 aromatic rings. The highest BCUT2D eigenvalue weighted by Gasteiger charge is 2.05. The Morgan fingerprint density at radius 2 is 2.31 bits per heavy atom. The van der Waals surface area contributed by atoms with Crippen molar-refractivity contribution in [2.45, 2.75) is 6.61 Å². The summed E-state index contributed by atoms with van der Waals surface area (Å²) in [6, 6.07) is 5.16. The lowest BCUT2D eigenvalue weighted by molar-refractivity contribution is 0.281. The number of rotatable bonds is 3. The summed E-state index contributed by atoms with van der Waals surface area (Å²) in [7, 11) is 1.81. The molecule has 0 aliphatic rings. The molecule has 5 heteroatoms. The Labute approximate surface area is 98.0 Å². The van der Waals surface area contributed by atoms with Crippen molar-refractivity contribution in [3.05, 3.63) is 41.2 Å². The Bertz CT molecular complexity index is 496. The average Bonchev–Trinajstić information content (AvgIpc) is 2.67. The van der Waals surface area contributed by atoms with E-state index in [1.54, 1.807) is 35.3 Å². The number of aromatic nitrogens is 2. The maximum absolute atomic E-state index is 8.93. The number of aryl methyl sites for hydroxylation is 1.